The Morgan fingerprint density at radius 2 is 1.72 bits per heavy atom. The van der Waals surface area contributed by atoms with Crippen LogP contribution in [0.5, 0.6) is 0 Å². The van der Waals surface area contributed by atoms with Crippen molar-refractivity contribution in [2.24, 2.45) is 40.6 Å². The smallest absolute Gasteiger partial charge is 0.254 e. The number of nitrogens with one attached hydrogen (secondary N) is 1. The standard InChI is InChI=1S/C20H17N3O2/c24-19-17-12-5-6-13(15-7-14(12)15)18(17)20(25)23(19)22-9-10-8-21-16-4-2-1-3-11(10)16/h1-6,8-9,12-15,17-18,21H,7H2/b22-9-/t12-,13-,14-,15+,17-,18+/m0/s1. The predicted molar refractivity (Wildman–Crippen MR) is 92.4 cm³/mol. The molecule has 1 N–H and O–H groups in total. The minimum atomic E-state index is -0.189. The molecule has 2 bridgehead atoms. The van der Waals surface area contributed by atoms with Gasteiger partial charge in [0.15, 0.2) is 0 Å². The number of nitrogens with zero attached hydrogens (tertiary/aromatic N) is 2. The van der Waals surface area contributed by atoms with Crippen LogP contribution in [-0.4, -0.2) is 28.0 Å². The van der Waals surface area contributed by atoms with Gasteiger partial charge in [-0.05, 0) is 36.2 Å². The molecule has 1 aliphatic heterocycles. The summed E-state index contributed by atoms with van der Waals surface area (Å²) in [6.07, 6.45) is 9.01. The van der Waals surface area contributed by atoms with Crippen molar-refractivity contribution in [2.75, 3.05) is 0 Å². The predicted octanol–water partition coefficient (Wildman–Crippen LogP) is 2.55. The molecule has 2 aromatic rings. The molecule has 2 amide bonds. The van der Waals surface area contributed by atoms with E-state index in [1.807, 2.05) is 30.5 Å². The number of carbonyl (C=O) groups excluding carboxylic acids is 2. The quantitative estimate of drug-likeness (QED) is 0.522. The highest BCUT2D eigenvalue weighted by atomic mass is 16.2. The molecule has 1 aromatic heterocycles. The van der Waals surface area contributed by atoms with E-state index < -0.39 is 0 Å². The molecule has 5 aliphatic rings. The van der Waals surface area contributed by atoms with Gasteiger partial charge in [0.05, 0.1) is 18.1 Å². The van der Waals surface area contributed by atoms with E-state index in [-0.39, 0.29) is 35.5 Å². The third-order valence-corrected chi connectivity index (χ3v) is 6.57. The lowest BCUT2D eigenvalue weighted by atomic mass is 9.63. The van der Waals surface area contributed by atoms with E-state index in [1.165, 1.54) is 6.42 Å². The number of allylic oxidation sites excluding steroid dienone is 2. The molecule has 124 valence electrons. The molecule has 25 heavy (non-hydrogen) atoms. The van der Waals surface area contributed by atoms with Crippen LogP contribution < -0.4 is 0 Å². The van der Waals surface area contributed by atoms with E-state index in [4.69, 9.17) is 0 Å². The maximum absolute atomic E-state index is 12.9. The second kappa shape index (κ2) is 4.48. The van der Waals surface area contributed by atoms with Gasteiger partial charge in [0, 0.05) is 22.7 Å². The summed E-state index contributed by atoms with van der Waals surface area (Å²) in [4.78, 5) is 28.9. The van der Waals surface area contributed by atoms with Crippen molar-refractivity contribution in [1.29, 1.82) is 0 Å². The van der Waals surface area contributed by atoms with Gasteiger partial charge in [-0.3, -0.25) is 9.59 Å². The molecule has 5 nitrogen and oxygen atoms in total. The minimum absolute atomic E-state index is 0.115. The first-order chi connectivity index (χ1) is 12.2. The molecular formula is C20H17N3O2. The summed E-state index contributed by atoms with van der Waals surface area (Å²) in [5.74, 6) is 1.11. The average molecular weight is 331 g/mol. The van der Waals surface area contributed by atoms with Crippen molar-refractivity contribution in [3.8, 4) is 0 Å². The Kier molecular flexibility index (Phi) is 2.43. The van der Waals surface area contributed by atoms with Crippen LogP contribution in [0, 0.1) is 35.5 Å². The second-order valence-electron chi connectivity index (χ2n) is 7.68. The summed E-state index contributed by atoms with van der Waals surface area (Å²) >= 11 is 0. The Hall–Kier alpha value is -2.69. The third kappa shape index (κ3) is 1.65. The van der Waals surface area contributed by atoms with Crippen molar-refractivity contribution in [1.82, 2.24) is 9.99 Å². The highest BCUT2D eigenvalue weighted by molar-refractivity contribution is 6.07. The summed E-state index contributed by atoms with van der Waals surface area (Å²) in [7, 11) is 0. The second-order valence-corrected chi connectivity index (χ2v) is 7.68. The van der Waals surface area contributed by atoms with Crippen molar-refractivity contribution in [3.63, 3.8) is 0 Å². The van der Waals surface area contributed by atoms with Crippen LogP contribution in [0.15, 0.2) is 47.7 Å². The lowest BCUT2D eigenvalue weighted by molar-refractivity contribution is -0.140. The number of rotatable bonds is 2. The monoisotopic (exact) mass is 331 g/mol. The molecule has 0 unspecified atom stereocenters. The number of aromatic amines is 1. The Morgan fingerprint density at radius 1 is 1.04 bits per heavy atom. The van der Waals surface area contributed by atoms with Gasteiger partial charge in [-0.1, -0.05) is 30.4 Å². The van der Waals surface area contributed by atoms with Crippen molar-refractivity contribution in [2.45, 2.75) is 6.42 Å². The fourth-order valence-corrected chi connectivity index (χ4v) is 5.38. The van der Waals surface area contributed by atoms with Gasteiger partial charge < -0.3 is 4.98 Å². The number of hydrazone groups is 1. The van der Waals surface area contributed by atoms with Gasteiger partial charge in [0.25, 0.3) is 11.8 Å². The van der Waals surface area contributed by atoms with Crippen LogP contribution >= 0.6 is 0 Å². The molecule has 7 rings (SSSR count). The number of hydrogen-bond donors (Lipinski definition) is 1. The highest BCUT2D eigenvalue weighted by Gasteiger charge is 2.67. The fourth-order valence-electron chi connectivity index (χ4n) is 5.38. The maximum Gasteiger partial charge on any atom is 0.254 e. The SMILES string of the molecule is O=C1[C@@H]2[C@H]3C=C[C@@H]([C@@H]4C[C@H]34)[C@@H]2C(=O)N1/N=C\c1c[nH]c2ccccc12. The van der Waals surface area contributed by atoms with Crippen LogP contribution in [-0.2, 0) is 9.59 Å². The van der Waals surface area contributed by atoms with Gasteiger partial charge in [-0.15, -0.1) is 0 Å². The van der Waals surface area contributed by atoms with E-state index in [2.05, 4.69) is 22.2 Å². The molecule has 6 atom stereocenters. The normalized spacial score (nSPS) is 38.0. The Morgan fingerprint density at radius 3 is 2.44 bits per heavy atom. The Bertz CT molecular complexity index is 952. The molecule has 3 fully saturated rings. The van der Waals surface area contributed by atoms with E-state index in [0.717, 1.165) is 21.5 Å². The van der Waals surface area contributed by atoms with Gasteiger partial charge >= 0.3 is 0 Å². The third-order valence-electron chi connectivity index (χ3n) is 6.57. The minimum Gasteiger partial charge on any atom is -0.361 e. The number of aromatic nitrogens is 1. The molecular weight excluding hydrogens is 314 g/mol. The topological polar surface area (TPSA) is 65.5 Å². The van der Waals surface area contributed by atoms with Crippen molar-refractivity contribution in [3.05, 3.63) is 48.2 Å². The Labute approximate surface area is 144 Å². The van der Waals surface area contributed by atoms with Gasteiger partial charge in [0.2, 0.25) is 0 Å². The zero-order valence-corrected chi connectivity index (χ0v) is 13.5. The maximum atomic E-state index is 12.9. The van der Waals surface area contributed by atoms with E-state index >= 15 is 0 Å². The molecule has 0 radical (unpaired) electrons. The zero-order chi connectivity index (χ0) is 16.7. The highest BCUT2D eigenvalue weighted by Crippen LogP contribution is 2.65. The van der Waals surface area contributed by atoms with Crippen LogP contribution in [0.3, 0.4) is 0 Å². The first-order valence-electron chi connectivity index (χ1n) is 8.90. The van der Waals surface area contributed by atoms with E-state index in [0.29, 0.717) is 11.8 Å². The lowest BCUT2D eigenvalue weighted by Gasteiger charge is -2.37. The number of imide groups is 1. The molecule has 2 heterocycles. The Balaban J connectivity index is 1.35. The van der Waals surface area contributed by atoms with Crippen LogP contribution in [0.1, 0.15) is 12.0 Å². The molecule has 2 saturated carbocycles. The summed E-state index contributed by atoms with van der Waals surface area (Å²) in [5, 5.41) is 6.47. The zero-order valence-electron chi connectivity index (χ0n) is 13.5. The van der Waals surface area contributed by atoms with Gasteiger partial charge in [-0.2, -0.15) is 10.1 Å². The number of benzene rings is 1. The summed E-state index contributed by atoms with van der Waals surface area (Å²) in [6, 6.07) is 7.91. The molecule has 4 aliphatic carbocycles. The van der Waals surface area contributed by atoms with E-state index in [1.54, 1.807) is 6.21 Å². The summed E-state index contributed by atoms with van der Waals surface area (Å²) in [5.41, 5.74) is 1.90. The van der Waals surface area contributed by atoms with Crippen molar-refractivity contribution >= 4 is 28.9 Å². The summed E-state index contributed by atoms with van der Waals surface area (Å²) < 4.78 is 0. The number of amides is 2. The van der Waals surface area contributed by atoms with Crippen LogP contribution in [0.4, 0.5) is 0 Å². The average Bonchev–Trinajstić information content (AvgIpc) is 3.31. The number of fused-ring (bicyclic) bond motifs is 1. The van der Waals surface area contributed by atoms with Crippen LogP contribution in [0.25, 0.3) is 10.9 Å². The van der Waals surface area contributed by atoms with Gasteiger partial charge in [-0.25, -0.2) is 0 Å². The van der Waals surface area contributed by atoms with E-state index in [9.17, 15) is 9.59 Å². The molecule has 0 spiro atoms. The molecule has 5 heteroatoms. The number of para-hydroxylation sites is 1. The fraction of sp³-hybridized carbons (Fsp3) is 0.350. The first-order valence-corrected chi connectivity index (χ1v) is 8.90. The first kappa shape index (κ1) is 13.6. The molecule has 1 aromatic carbocycles. The largest absolute Gasteiger partial charge is 0.361 e. The van der Waals surface area contributed by atoms with Crippen molar-refractivity contribution < 1.29 is 9.59 Å². The van der Waals surface area contributed by atoms with Gasteiger partial charge in [0.1, 0.15) is 0 Å². The number of hydrogen-bond acceptors (Lipinski definition) is 3. The summed E-state index contributed by atoms with van der Waals surface area (Å²) in [6.45, 7) is 0. The van der Waals surface area contributed by atoms with Crippen LogP contribution in [0.2, 0.25) is 0 Å². The number of carbonyl (C=O) groups is 2. The molecule has 1 saturated heterocycles. The number of H-pyrrole nitrogens is 1. The lowest BCUT2D eigenvalue weighted by Crippen LogP contribution is -2.40.